The molecular weight excluding hydrogens is 210 g/mol. The minimum absolute atomic E-state index is 0.523. The summed E-state index contributed by atoms with van der Waals surface area (Å²) in [7, 11) is 0. The van der Waals surface area contributed by atoms with Crippen LogP contribution in [0.3, 0.4) is 0 Å². The van der Waals surface area contributed by atoms with Gasteiger partial charge in [-0.15, -0.1) is 0 Å². The monoisotopic (exact) mass is 223 g/mol. The minimum atomic E-state index is -0.523. The molecule has 2 nitrogen and oxygen atoms in total. The smallest absolute Gasteiger partial charge is 0.0991 e. The van der Waals surface area contributed by atoms with Crippen LogP contribution in [-0.2, 0) is 6.42 Å². The third-order valence-corrected chi connectivity index (χ3v) is 2.70. The zero-order valence-electron chi connectivity index (χ0n) is 9.38. The van der Waals surface area contributed by atoms with Crippen LogP contribution in [0.2, 0.25) is 0 Å². The molecule has 0 aromatic heterocycles. The highest BCUT2D eigenvalue weighted by atomic mass is 16.3. The van der Waals surface area contributed by atoms with Crippen molar-refractivity contribution >= 4 is 0 Å². The normalized spacial score (nSPS) is 11.8. The summed E-state index contributed by atoms with van der Waals surface area (Å²) in [5.74, 6) is 0. The van der Waals surface area contributed by atoms with Gasteiger partial charge in [0.25, 0.3) is 0 Å². The van der Waals surface area contributed by atoms with Crippen molar-refractivity contribution in [3.63, 3.8) is 0 Å². The Morgan fingerprint density at radius 1 is 1.00 bits per heavy atom. The maximum Gasteiger partial charge on any atom is 0.0991 e. The Hall–Kier alpha value is -2.11. The van der Waals surface area contributed by atoms with E-state index in [1.807, 2.05) is 30.3 Å². The Morgan fingerprint density at radius 3 is 2.24 bits per heavy atom. The molecule has 0 heterocycles. The Balaban J connectivity index is 2.10. The first-order chi connectivity index (χ1) is 8.29. The van der Waals surface area contributed by atoms with E-state index in [9.17, 15) is 5.11 Å². The second-order valence-corrected chi connectivity index (χ2v) is 3.94. The molecule has 0 aliphatic carbocycles. The van der Waals surface area contributed by atoms with Crippen LogP contribution in [0, 0.1) is 11.3 Å². The van der Waals surface area contributed by atoms with Gasteiger partial charge in [0.05, 0.1) is 17.7 Å². The van der Waals surface area contributed by atoms with Crippen LogP contribution in [0.25, 0.3) is 0 Å². The Morgan fingerprint density at radius 2 is 1.65 bits per heavy atom. The summed E-state index contributed by atoms with van der Waals surface area (Å²) in [4.78, 5) is 0. The molecule has 2 heteroatoms. The average molecular weight is 223 g/mol. The van der Waals surface area contributed by atoms with Crippen molar-refractivity contribution in [1.82, 2.24) is 0 Å². The molecule has 0 fully saturated rings. The summed E-state index contributed by atoms with van der Waals surface area (Å²) < 4.78 is 0. The van der Waals surface area contributed by atoms with E-state index in [0.29, 0.717) is 12.0 Å². The van der Waals surface area contributed by atoms with Gasteiger partial charge in [-0.3, -0.25) is 0 Å². The molecule has 1 N–H and O–H groups in total. The first-order valence-corrected chi connectivity index (χ1v) is 5.51. The van der Waals surface area contributed by atoms with Gasteiger partial charge in [-0.1, -0.05) is 42.5 Å². The van der Waals surface area contributed by atoms with Crippen LogP contribution in [0.5, 0.6) is 0 Å². The zero-order valence-corrected chi connectivity index (χ0v) is 9.38. The summed E-state index contributed by atoms with van der Waals surface area (Å²) in [5, 5.41) is 18.7. The number of rotatable bonds is 3. The summed E-state index contributed by atoms with van der Waals surface area (Å²) in [6.45, 7) is 0. The van der Waals surface area contributed by atoms with E-state index in [-0.39, 0.29) is 0 Å². The first-order valence-electron chi connectivity index (χ1n) is 5.51. The van der Waals surface area contributed by atoms with E-state index in [1.54, 1.807) is 24.3 Å². The Bertz CT molecular complexity index is 511. The van der Waals surface area contributed by atoms with Gasteiger partial charge in [0.15, 0.2) is 0 Å². The van der Waals surface area contributed by atoms with Crippen LogP contribution < -0.4 is 0 Å². The second kappa shape index (κ2) is 5.29. The molecule has 1 atom stereocenters. The molecule has 0 bridgehead atoms. The lowest BCUT2D eigenvalue weighted by Gasteiger charge is -2.10. The molecule has 84 valence electrons. The van der Waals surface area contributed by atoms with Gasteiger partial charge >= 0.3 is 0 Å². The third kappa shape index (κ3) is 2.93. The lowest BCUT2D eigenvalue weighted by atomic mass is 10.0. The molecule has 2 aromatic carbocycles. The van der Waals surface area contributed by atoms with Crippen molar-refractivity contribution in [2.45, 2.75) is 12.5 Å². The van der Waals surface area contributed by atoms with E-state index in [4.69, 9.17) is 5.26 Å². The maximum absolute atomic E-state index is 10.1. The quantitative estimate of drug-likeness (QED) is 0.869. The molecule has 2 rings (SSSR count). The van der Waals surface area contributed by atoms with E-state index in [2.05, 4.69) is 6.07 Å². The number of hydrogen-bond acceptors (Lipinski definition) is 2. The third-order valence-electron chi connectivity index (χ3n) is 2.70. The van der Waals surface area contributed by atoms with Crippen molar-refractivity contribution in [2.75, 3.05) is 0 Å². The first kappa shape index (κ1) is 11.4. The lowest BCUT2D eigenvalue weighted by molar-refractivity contribution is 0.178. The highest BCUT2D eigenvalue weighted by Crippen LogP contribution is 2.18. The molecule has 2 aromatic rings. The number of hydrogen-bond donors (Lipinski definition) is 1. The number of nitrogens with zero attached hydrogens (tertiary/aromatic N) is 1. The second-order valence-electron chi connectivity index (χ2n) is 3.94. The summed E-state index contributed by atoms with van der Waals surface area (Å²) in [5.41, 5.74) is 2.55. The molecule has 0 aliphatic rings. The van der Waals surface area contributed by atoms with Crippen LogP contribution in [0.4, 0.5) is 0 Å². The molecule has 0 aliphatic heterocycles. The predicted octanol–water partition coefficient (Wildman–Crippen LogP) is 2.83. The number of nitriles is 1. The SMILES string of the molecule is N#Cc1ccc(C(O)Cc2ccccc2)cc1. The van der Waals surface area contributed by atoms with E-state index < -0.39 is 6.10 Å². The maximum atomic E-state index is 10.1. The largest absolute Gasteiger partial charge is 0.388 e. The molecule has 1 unspecified atom stereocenters. The Kier molecular flexibility index (Phi) is 3.54. The van der Waals surface area contributed by atoms with Crippen LogP contribution in [-0.4, -0.2) is 5.11 Å². The highest BCUT2D eigenvalue weighted by molar-refractivity contribution is 5.33. The molecule has 0 saturated heterocycles. The number of aliphatic hydroxyl groups is 1. The van der Waals surface area contributed by atoms with Crippen molar-refractivity contribution < 1.29 is 5.11 Å². The fourth-order valence-electron chi connectivity index (χ4n) is 1.74. The van der Waals surface area contributed by atoms with Gasteiger partial charge < -0.3 is 5.11 Å². The van der Waals surface area contributed by atoms with Gasteiger partial charge in [0.2, 0.25) is 0 Å². The fourth-order valence-corrected chi connectivity index (χ4v) is 1.74. The molecule has 0 radical (unpaired) electrons. The van der Waals surface area contributed by atoms with Crippen molar-refractivity contribution in [3.8, 4) is 6.07 Å². The predicted molar refractivity (Wildman–Crippen MR) is 66.3 cm³/mol. The number of aliphatic hydroxyl groups excluding tert-OH is 1. The van der Waals surface area contributed by atoms with Crippen molar-refractivity contribution in [2.24, 2.45) is 0 Å². The van der Waals surface area contributed by atoms with Gasteiger partial charge in [-0.2, -0.15) is 5.26 Å². The summed E-state index contributed by atoms with van der Waals surface area (Å²) in [6.07, 6.45) is 0.0670. The molecule has 17 heavy (non-hydrogen) atoms. The topological polar surface area (TPSA) is 44.0 Å². The van der Waals surface area contributed by atoms with Gasteiger partial charge in [-0.05, 0) is 23.3 Å². The number of benzene rings is 2. The highest BCUT2D eigenvalue weighted by Gasteiger charge is 2.08. The Labute approximate surface area is 101 Å². The van der Waals surface area contributed by atoms with Gasteiger partial charge in [0, 0.05) is 6.42 Å². The van der Waals surface area contributed by atoms with E-state index in [1.165, 1.54) is 0 Å². The van der Waals surface area contributed by atoms with E-state index in [0.717, 1.165) is 11.1 Å². The molecular formula is C15H13NO. The minimum Gasteiger partial charge on any atom is -0.388 e. The van der Waals surface area contributed by atoms with Crippen molar-refractivity contribution in [1.29, 1.82) is 5.26 Å². The van der Waals surface area contributed by atoms with Crippen LogP contribution >= 0.6 is 0 Å². The fraction of sp³-hybridized carbons (Fsp3) is 0.133. The molecule has 0 saturated carbocycles. The average Bonchev–Trinajstić information content (AvgIpc) is 2.40. The molecule has 0 amide bonds. The van der Waals surface area contributed by atoms with Crippen LogP contribution in [0.15, 0.2) is 54.6 Å². The lowest BCUT2D eigenvalue weighted by Crippen LogP contribution is -2.01. The van der Waals surface area contributed by atoms with Gasteiger partial charge in [0.1, 0.15) is 0 Å². The molecule has 0 spiro atoms. The van der Waals surface area contributed by atoms with Crippen LogP contribution in [0.1, 0.15) is 22.8 Å². The summed E-state index contributed by atoms with van der Waals surface area (Å²) >= 11 is 0. The van der Waals surface area contributed by atoms with E-state index >= 15 is 0 Å². The summed E-state index contributed by atoms with van der Waals surface area (Å²) in [6, 6.07) is 19.0. The standard InChI is InChI=1S/C15H13NO/c16-11-13-6-8-14(9-7-13)15(17)10-12-4-2-1-3-5-12/h1-9,15,17H,10H2. The van der Waals surface area contributed by atoms with Gasteiger partial charge in [-0.25, -0.2) is 0 Å². The van der Waals surface area contributed by atoms with Crippen molar-refractivity contribution in [3.05, 3.63) is 71.3 Å². The zero-order chi connectivity index (χ0) is 12.1.